The first-order valence-corrected chi connectivity index (χ1v) is 5.25. The first-order valence-electron chi connectivity index (χ1n) is 5.25. The Labute approximate surface area is 79.0 Å². The summed E-state index contributed by atoms with van der Waals surface area (Å²) in [7, 11) is 0. The molecule has 0 aromatic carbocycles. The van der Waals surface area contributed by atoms with Crippen LogP contribution in [0.3, 0.4) is 0 Å². The Balaban J connectivity index is 1.79. The van der Waals surface area contributed by atoms with Crippen LogP contribution in [0.25, 0.3) is 0 Å². The van der Waals surface area contributed by atoms with E-state index >= 15 is 0 Å². The van der Waals surface area contributed by atoms with Crippen LogP contribution in [0, 0.1) is 0 Å². The van der Waals surface area contributed by atoms with E-state index in [2.05, 4.69) is 14.7 Å². The third-order valence-electron chi connectivity index (χ3n) is 3.37. The Hall–Kier alpha value is -0.160. The molecule has 3 saturated heterocycles. The second-order valence-electron chi connectivity index (χ2n) is 4.07. The van der Waals surface area contributed by atoms with Crippen molar-refractivity contribution in [1.82, 2.24) is 14.7 Å². The molecule has 3 aliphatic rings. The summed E-state index contributed by atoms with van der Waals surface area (Å²) in [5.74, 6) is 0. The van der Waals surface area contributed by atoms with E-state index in [1.807, 2.05) is 0 Å². The average Bonchev–Trinajstić information content (AvgIpc) is 2.60. The summed E-state index contributed by atoms with van der Waals surface area (Å²) in [4.78, 5) is 7.68. The quantitative estimate of drug-likeness (QED) is 0.491. The summed E-state index contributed by atoms with van der Waals surface area (Å²) in [5.41, 5.74) is 0. The van der Waals surface area contributed by atoms with Crippen LogP contribution in [0.5, 0.6) is 0 Å². The van der Waals surface area contributed by atoms with Gasteiger partial charge in [-0.05, 0) is 0 Å². The minimum absolute atomic E-state index is 0.615. The molecular formula is C9H17N3O. The fourth-order valence-electron chi connectivity index (χ4n) is 2.70. The number of hydrogen-bond donors (Lipinski definition) is 0. The lowest BCUT2D eigenvalue weighted by molar-refractivity contribution is -0.0178. The third-order valence-corrected chi connectivity index (χ3v) is 3.37. The summed E-state index contributed by atoms with van der Waals surface area (Å²) in [6, 6.07) is 0. The van der Waals surface area contributed by atoms with Gasteiger partial charge in [0, 0.05) is 39.3 Å². The number of ether oxygens (including phenoxy) is 1. The SMILES string of the molecule is C1CN2CCN3CCN(CCO1)C23. The van der Waals surface area contributed by atoms with Gasteiger partial charge in [-0.3, -0.25) is 14.7 Å². The van der Waals surface area contributed by atoms with Gasteiger partial charge < -0.3 is 4.74 Å². The van der Waals surface area contributed by atoms with E-state index in [1.165, 1.54) is 26.2 Å². The molecule has 0 aromatic rings. The number of hydrogen-bond acceptors (Lipinski definition) is 4. The molecule has 0 N–H and O–H groups in total. The van der Waals surface area contributed by atoms with E-state index in [9.17, 15) is 0 Å². The zero-order valence-corrected chi connectivity index (χ0v) is 7.98. The van der Waals surface area contributed by atoms with Crippen LogP contribution in [-0.2, 0) is 4.74 Å². The highest BCUT2D eigenvalue weighted by Gasteiger charge is 2.40. The standard InChI is InChI=1S/C9H17N3O/c1-3-11-5-7-13-8-6-12-4-2-10(1)9(11)12/h9H,1-8H2. The fraction of sp³-hybridized carbons (Fsp3) is 1.00. The summed E-state index contributed by atoms with van der Waals surface area (Å²) < 4.78 is 5.53. The molecule has 4 nitrogen and oxygen atoms in total. The molecule has 0 atom stereocenters. The number of nitrogens with zero attached hydrogens (tertiary/aromatic N) is 3. The van der Waals surface area contributed by atoms with Crippen molar-refractivity contribution >= 4 is 0 Å². The van der Waals surface area contributed by atoms with Crippen molar-refractivity contribution in [3.05, 3.63) is 0 Å². The topological polar surface area (TPSA) is 19.0 Å². The van der Waals surface area contributed by atoms with Gasteiger partial charge in [0.05, 0.1) is 13.2 Å². The third kappa shape index (κ3) is 1.29. The zero-order valence-electron chi connectivity index (χ0n) is 7.98. The van der Waals surface area contributed by atoms with Gasteiger partial charge in [0.2, 0.25) is 0 Å². The maximum absolute atomic E-state index is 5.53. The molecule has 13 heavy (non-hydrogen) atoms. The Morgan fingerprint density at radius 2 is 1.15 bits per heavy atom. The molecule has 0 aliphatic carbocycles. The van der Waals surface area contributed by atoms with Crippen LogP contribution >= 0.6 is 0 Å². The van der Waals surface area contributed by atoms with Crippen LogP contribution in [0.15, 0.2) is 0 Å². The number of rotatable bonds is 0. The van der Waals surface area contributed by atoms with Gasteiger partial charge in [0.1, 0.15) is 6.29 Å². The molecule has 0 spiro atoms. The smallest absolute Gasteiger partial charge is 0.119 e. The van der Waals surface area contributed by atoms with Crippen molar-refractivity contribution in [3.8, 4) is 0 Å². The van der Waals surface area contributed by atoms with Crippen LogP contribution in [0.2, 0.25) is 0 Å². The van der Waals surface area contributed by atoms with Crippen LogP contribution in [0.4, 0.5) is 0 Å². The molecule has 74 valence electrons. The molecule has 3 fully saturated rings. The summed E-state index contributed by atoms with van der Waals surface area (Å²) in [6.45, 7) is 9.00. The highest BCUT2D eigenvalue weighted by atomic mass is 16.5. The van der Waals surface area contributed by atoms with Crippen molar-refractivity contribution in [1.29, 1.82) is 0 Å². The molecule has 3 heterocycles. The molecule has 4 heteroatoms. The maximum atomic E-state index is 5.53. The Kier molecular flexibility index (Phi) is 2.01. The summed E-state index contributed by atoms with van der Waals surface area (Å²) in [5, 5.41) is 0. The first-order chi connectivity index (χ1) is 6.45. The van der Waals surface area contributed by atoms with E-state index in [0.717, 1.165) is 26.3 Å². The molecule has 0 unspecified atom stereocenters. The van der Waals surface area contributed by atoms with Gasteiger partial charge in [-0.1, -0.05) is 0 Å². The highest BCUT2D eigenvalue weighted by Crippen LogP contribution is 2.23. The Morgan fingerprint density at radius 1 is 0.692 bits per heavy atom. The van der Waals surface area contributed by atoms with Gasteiger partial charge >= 0.3 is 0 Å². The summed E-state index contributed by atoms with van der Waals surface area (Å²) in [6.07, 6.45) is 0.615. The Morgan fingerprint density at radius 3 is 1.69 bits per heavy atom. The monoisotopic (exact) mass is 183 g/mol. The zero-order chi connectivity index (χ0) is 8.67. The molecule has 0 amide bonds. The maximum Gasteiger partial charge on any atom is 0.119 e. The lowest BCUT2D eigenvalue weighted by atomic mass is 10.4. The molecular weight excluding hydrogens is 166 g/mol. The molecule has 0 saturated carbocycles. The predicted octanol–water partition coefficient (Wildman–Crippen LogP) is -0.767. The van der Waals surface area contributed by atoms with Crippen molar-refractivity contribution in [2.45, 2.75) is 6.29 Å². The van der Waals surface area contributed by atoms with E-state index in [0.29, 0.717) is 6.29 Å². The van der Waals surface area contributed by atoms with E-state index in [-0.39, 0.29) is 0 Å². The largest absolute Gasteiger partial charge is 0.379 e. The van der Waals surface area contributed by atoms with Gasteiger partial charge in [-0.25, -0.2) is 0 Å². The lowest BCUT2D eigenvalue weighted by Crippen LogP contribution is -2.49. The molecule has 3 rings (SSSR count). The molecule has 0 bridgehead atoms. The minimum atomic E-state index is 0.615. The van der Waals surface area contributed by atoms with Crippen LogP contribution < -0.4 is 0 Å². The lowest BCUT2D eigenvalue weighted by Gasteiger charge is -2.33. The van der Waals surface area contributed by atoms with E-state index in [1.54, 1.807) is 0 Å². The van der Waals surface area contributed by atoms with Crippen LogP contribution in [0.1, 0.15) is 0 Å². The minimum Gasteiger partial charge on any atom is -0.379 e. The Bertz CT molecular complexity index is 181. The summed E-state index contributed by atoms with van der Waals surface area (Å²) >= 11 is 0. The van der Waals surface area contributed by atoms with Crippen molar-refractivity contribution in [2.75, 3.05) is 52.5 Å². The molecule has 0 radical (unpaired) electrons. The van der Waals surface area contributed by atoms with E-state index in [4.69, 9.17) is 4.74 Å². The van der Waals surface area contributed by atoms with Gasteiger partial charge in [0.15, 0.2) is 0 Å². The van der Waals surface area contributed by atoms with Crippen molar-refractivity contribution in [2.24, 2.45) is 0 Å². The van der Waals surface area contributed by atoms with Gasteiger partial charge in [-0.2, -0.15) is 0 Å². The second kappa shape index (κ2) is 3.20. The van der Waals surface area contributed by atoms with Crippen molar-refractivity contribution in [3.63, 3.8) is 0 Å². The molecule has 3 aliphatic heterocycles. The predicted molar refractivity (Wildman–Crippen MR) is 49.3 cm³/mol. The average molecular weight is 183 g/mol. The second-order valence-corrected chi connectivity index (χ2v) is 4.07. The van der Waals surface area contributed by atoms with Gasteiger partial charge in [0.25, 0.3) is 0 Å². The normalized spacial score (nSPS) is 33.2. The highest BCUT2D eigenvalue weighted by molar-refractivity contribution is 4.88. The van der Waals surface area contributed by atoms with Gasteiger partial charge in [-0.15, -0.1) is 0 Å². The van der Waals surface area contributed by atoms with Crippen molar-refractivity contribution < 1.29 is 4.74 Å². The first kappa shape index (κ1) is 8.17. The van der Waals surface area contributed by atoms with Crippen LogP contribution in [-0.4, -0.2) is 73.5 Å². The molecule has 0 aromatic heterocycles. The van der Waals surface area contributed by atoms with E-state index < -0.39 is 0 Å². The fourth-order valence-corrected chi connectivity index (χ4v) is 2.70.